The molecule has 1 aromatic rings. The number of halogens is 1. The molecular weight excluding hydrogens is 226 g/mol. The second kappa shape index (κ2) is 3.75. The second-order valence-corrected chi connectivity index (χ2v) is 4.87. The lowest BCUT2D eigenvalue weighted by Crippen LogP contribution is -2.42. The quantitative estimate of drug-likeness (QED) is 0.849. The molecule has 0 heterocycles. The highest BCUT2D eigenvalue weighted by Crippen LogP contribution is 2.51. The van der Waals surface area contributed by atoms with Gasteiger partial charge in [0.05, 0.1) is 0 Å². The predicted molar refractivity (Wildman–Crippen MR) is 62.7 cm³/mol. The highest BCUT2D eigenvalue weighted by Gasteiger charge is 2.52. The van der Waals surface area contributed by atoms with Gasteiger partial charge in [0.2, 0.25) is 0 Å². The van der Waals surface area contributed by atoms with Crippen LogP contribution in [0.2, 0.25) is 5.02 Å². The van der Waals surface area contributed by atoms with E-state index >= 15 is 0 Å². The molecule has 0 bridgehead atoms. The summed E-state index contributed by atoms with van der Waals surface area (Å²) in [6.45, 7) is 1.94. The third-order valence-electron chi connectivity index (χ3n) is 3.37. The van der Waals surface area contributed by atoms with Gasteiger partial charge in [-0.3, -0.25) is 4.79 Å². The van der Waals surface area contributed by atoms with Crippen LogP contribution in [0.15, 0.2) is 18.2 Å². The SMILES string of the molecule is Cc1cc(Cl)ccc1C1(C(N)C(=O)O)CC1. The molecule has 16 heavy (non-hydrogen) atoms. The van der Waals surface area contributed by atoms with E-state index in [1.54, 1.807) is 6.07 Å². The van der Waals surface area contributed by atoms with Gasteiger partial charge in [-0.1, -0.05) is 17.7 Å². The van der Waals surface area contributed by atoms with E-state index in [1.807, 2.05) is 19.1 Å². The molecule has 1 atom stereocenters. The normalized spacial score (nSPS) is 19.2. The first-order valence-electron chi connectivity index (χ1n) is 5.22. The lowest BCUT2D eigenvalue weighted by Gasteiger charge is -2.22. The molecule has 1 fully saturated rings. The van der Waals surface area contributed by atoms with Crippen molar-refractivity contribution < 1.29 is 9.90 Å². The number of carboxylic acid groups (broad SMARTS) is 1. The van der Waals surface area contributed by atoms with Gasteiger partial charge < -0.3 is 10.8 Å². The molecule has 1 unspecified atom stereocenters. The number of carbonyl (C=O) groups is 1. The number of aryl methyl sites for hydroxylation is 1. The van der Waals surface area contributed by atoms with Gasteiger partial charge in [-0.2, -0.15) is 0 Å². The summed E-state index contributed by atoms with van der Waals surface area (Å²) in [6.07, 6.45) is 1.67. The first-order chi connectivity index (χ1) is 7.47. The van der Waals surface area contributed by atoms with Gasteiger partial charge in [0.15, 0.2) is 0 Å². The fourth-order valence-corrected chi connectivity index (χ4v) is 2.53. The van der Waals surface area contributed by atoms with Gasteiger partial charge in [-0.25, -0.2) is 0 Å². The lowest BCUT2D eigenvalue weighted by molar-refractivity contribution is -0.139. The van der Waals surface area contributed by atoms with E-state index in [9.17, 15) is 4.79 Å². The molecule has 1 aliphatic rings. The third kappa shape index (κ3) is 1.70. The molecule has 3 N–H and O–H groups in total. The molecule has 0 spiro atoms. The summed E-state index contributed by atoms with van der Waals surface area (Å²) in [7, 11) is 0. The van der Waals surface area contributed by atoms with Crippen molar-refractivity contribution in [2.75, 3.05) is 0 Å². The molecule has 0 saturated heterocycles. The van der Waals surface area contributed by atoms with Crippen LogP contribution < -0.4 is 5.73 Å². The molecule has 0 amide bonds. The van der Waals surface area contributed by atoms with E-state index < -0.39 is 12.0 Å². The maximum atomic E-state index is 11.0. The second-order valence-electron chi connectivity index (χ2n) is 4.43. The van der Waals surface area contributed by atoms with Crippen LogP contribution in [0.1, 0.15) is 24.0 Å². The Bertz CT molecular complexity index is 441. The average Bonchev–Trinajstić information content (AvgIpc) is 2.97. The summed E-state index contributed by atoms with van der Waals surface area (Å²) in [5, 5.41) is 9.68. The van der Waals surface area contributed by atoms with Crippen LogP contribution in [-0.2, 0) is 10.2 Å². The van der Waals surface area contributed by atoms with Crippen molar-refractivity contribution in [3.63, 3.8) is 0 Å². The van der Waals surface area contributed by atoms with Crippen molar-refractivity contribution in [3.05, 3.63) is 34.3 Å². The van der Waals surface area contributed by atoms with E-state index in [2.05, 4.69) is 0 Å². The molecule has 2 rings (SSSR count). The first-order valence-corrected chi connectivity index (χ1v) is 5.60. The van der Waals surface area contributed by atoms with Crippen molar-refractivity contribution in [2.24, 2.45) is 5.73 Å². The molecule has 0 aliphatic heterocycles. The zero-order chi connectivity index (χ0) is 11.9. The van der Waals surface area contributed by atoms with Crippen LogP contribution in [0.4, 0.5) is 0 Å². The Morgan fingerprint density at radius 3 is 2.62 bits per heavy atom. The highest BCUT2D eigenvalue weighted by molar-refractivity contribution is 6.30. The number of carboxylic acids is 1. The molecule has 1 aliphatic carbocycles. The van der Waals surface area contributed by atoms with Crippen LogP contribution >= 0.6 is 11.6 Å². The Morgan fingerprint density at radius 2 is 2.19 bits per heavy atom. The third-order valence-corrected chi connectivity index (χ3v) is 3.61. The van der Waals surface area contributed by atoms with E-state index in [0.29, 0.717) is 5.02 Å². The van der Waals surface area contributed by atoms with Crippen LogP contribution in [0.5, 0.6) is 0 Å². The number of hydrogen-bond acceptors (Lipinski definition) is 2. The molecule has 1 aromatic carbocycles. The Hall–Kier alpha value is -1.06. The van der Waals surface area contributed by atoms with Crippen LogP contribution in [0.3, 0.4) is 0 Å². The average molecular weight is 240 g/mol. The number of aliphatic carboxylic acids is 1. The van der Waals surface area contributed by atoms with Crippen molar-refractivity contribution >= 4 is 17.6 Å². The Balaban J connectivity index is 2.40. The molecule has 0 aromatic heterocycles. The summed E-state index contributed by atoms with van der Waals surface area (Å²) >= 11 is 5.88. The minimum Gasteiger partial charge on any atom is -0.480 e. The Kier molecular flexibility index (Phi) is 2.68. The van der Waals surface area contributed by atoms with E-state index in [-0.39, 0.29) is 5.41 Å². The maximum absolute atomic E-state index is 11.0. The summed E-state index contributed by atoms with van der Waals surface area (Å²) < 4.78 is 0. The summed E-state index contributed by atoms with van der Waals surface area (Å²) in [5.41, 5.74) is 7.42. The molecular formula is C12H14ClNO2. The van der Waals surface area contributed by atoms with E-state index in [1.165, 1.54) is 0 Å². The lowest BCUT2D eigenvalue weighted by atomic mass is 9.86. The van der Waals surface area contributed by atoms with Crippen molar-refractivity contribution in [1.82, 2.24) is 0 Å². The maximum Gasteiger partial charge on any atom is 0.321 e. The minimum atomic E-state index is -0.938. The van der Waals surface area contributed by atoms with E-state index in [0.717, 1.165) is 24.0 Å². The molecule has 3 nitrogen and oxygen atoms in total. The standard InChI is InChI=1S/C12H14ClNO2/c1-7-6-8(13)2-3-9(7)12(4-5-12)10(14)11(15)16/h2-3,6,10H,4-5,14H2,1H3,(H,15,16). The monoisotopic (exact) mass is 239 g/mol. The zero-order valence-corrected chi connectivity index (χ0v) is 9.79. The zero-order valence-electron chi connectivity index (χ0n) is 9.03. The topological polar surface area (TPSA) is 63.3 Å². The summed E-state index contributed by atoms with van der Waals surface area (Å²) in [6, 6.07) is 4.71. The molecule has 86 valence electrons. The smallest absolute Gasteiger partial charge is 0.321 e. The van der Waals surface area contributed by atoms with Gasteiger partial charge in [0.1, 0.15) is 6.04 Å². The summed E-state index contributed by atoms with van der Waals surface area (Å²) in [5.74, 6) is -0.938. The Morgan fingerprint density at radius 1 is 1.56 bits per heavy atom. The largest absolute Gasteiger partial charge is 0.480 e. The van der Waals surface area contributed by atoms with Crippen LogP contribution in [-0.4, -0.2) is 17.1 Å². The van der Waals surface area contributed by atoms with Gasteiger partial charge in [0, 0.05) is 10.4 Å². The van der Waals surface area contributed by atoms with Crippen LogP contribution in [0.25, 0.3) is 0 Å². The predicted octanol–water partition coefficient (Wildman–Crippen LogP) is 2.09. The highest BCUT2D eigenvalue weighted by atomic mass is 35.5. The van der Waals surface area contributed by atoms with Gasteiger partial charge in [-0.15, -0.1) is 0 Å². The summed E-state index contributed by atoms with van der Waals surface area (Å²) in [4.78, 5) is 11.0. The number of rotatable bonds is 3. The van der Waals surface area contributed by atoms with E-state index in [4.69, 9.17) is 22.4 Å². The fourth-order valence-electron chi connectivity index (χ4n) is 2.30. The Labute approximate surface area is 99.2 Å². The van der Waals surface area contributed by atoms with Gasteiger partial charge >= 0.3 is 5.97 Å². The molecule has 1 saturated carbocycles. The van der Waals surface area contributed by atoms with Crippen molar-refractivity contribution in [3.8, 4) is 0 Å². The van der Waals surface area contributed by atoms with Crippen LogP contribution in [0, 0.1) is 6.92 Å². The number of benzene rings is 1. The van der Waals surface area contributed by atoms with Gasteiger partial charge in [-0.05, 0) is 43.0 Å². The van der Waals surface area contributed by atoms with Gasteiger partial charge in [0.25, 0.3) is 0 Å². The first kappa shape index (κ1) is 11.4. The van der Waals surface area contributed by atoms with Crippen molar-refractivity contribution in [1.29, 1.82) is 0 Å². The number of hydrogen-bond donors (Lipinski definition) is 2. The minimum absolute atomic E-state index is 0.374. The van der Waals surface area contributed by atoms with Crippen molar-refractivity contribution in [2.45, 2.75) is 31.2 Å². The fraction of sp³-hybridized carbons (Fsp3) is 0.417. The molecule has 4 heteroatoms. The molecule has 0 radical (unpaired) electrons. The number of nitrogens with two attached hydrogens (primary N) is 1.